The van der Waals surface area contributed by atoms with Crippen molar-refractivity contribution in [3.05, 3.63) is 87.1 Å². The van der Waals surface area contributed by atoms with Crippen LogP contribution in [0.15, 0.2) is 42.5 Å². The molecule has 2 N–H and O–H groups in total. The Hall–Kier alpha value is -3.87. The van der Waals surface area contributed by atoms with Crippen molar-refractivity contribution in [2.24, 2.45) is 5.92 Å². The van der Waals surface area contributed by atoms with Gasteiger partial charge in [-0.1, -0.05) is 11.6 Å². The van der Waals surface area contributed by atoms with E-state index in [0.717, 1.165) is 12.1 Å². The number of carbonyl (C=O) groups excluding carboxylic acids is 2. The minimum Gasteiger partial charge on any atom is -0.355 e. The molecule has 1 fully saturated rings. The second kappa shape index (κ2) is 9.70. The Kier molecular flexibility index (Phi) is 6.65. The van der Waals surface area contributed by atoms with Crippen molar-refractivity contribution in [3.8, 4) is 0 Å². The molecule has 1 aromatic heterocycles. The molecule has 1 unspecified atom stereocenters. The lowest BCUT2D eigenvalue weighted by Gasteiger charge is -2.39. The zero-order valence-corrected chi connectivity index (χ0v) is 20.2. The van der Waals surface area contributed by atoms with Gasteiger partial charge in [-0.2, -0.15) is 13.2 Å². The number of rotatable bonds is 5. The maximum Gasteiger partial charge on any atom is 0.416 e. The summed E-state index contributed by atoms with van der Waals surface area (Å²) in [6.45, 7) is -0.201. The highest BCUT2D eigenvalue weighted by molar-refractivity contribution is 6.31. The number of aromatic nitrogens is 1. The number of alkyl halides is 5. The Bertz CT molecular complexity index is 1490. The maximum absolute atomic E-state index is 14.1. The first-order chi connectivity index (χ1) is 18.3. The number of halogens is 8. The van der Waals surface area contributed by atoms with Gasteiger partial charge in [-0.3, -0.25) is 9.59 Å². The molecule has 2 aromatic carbocycles. The van der Waals surface area contributed by atoms with Crippen molar-refractivity contribution >= 4 is 34.9 Å². The number of nitrogens with one attached hydrogen (secondary N) is 2. The molecule has 14 heteroatoms. The van der Waals surface area contributed by atoms with Crippen LogP contribution in [0.2, 0.25) is 5.02 Å². The fourth-order valence-electron chi connectivity index (χ4n) is 4.45. The highest BCUT2D eigenvalue weighted by atomic mass is 35.5. The summed E-state index contributed by atoms with van der Waals surface area (Å²) < 4.78 is 93.6. The lowest BCUT2D eigenvalue weighted by atomic mass is 9.97. The average Bonchev–Trinajstić information content (AvgIpc) is 3.15. The van der Waals surface area contributed by atoms with Gasteiger partial charge < -0.3 is 15.5 Å². The molecule has 39 heavy (non-hydrogen) atoms. The molecule has 0 bridgehead atoms. The third kappa shape index (κ3) is 5.10. The smallest absolute Gasteiger partial charge is 0.355 e. The summed E-state index contributed by atoms with van der Waals surface area (Å²) in [5.74, 6) is -4.81. The zero-order chi connectivity index (χ0) is 28.2. The molecule has 0 spiro atoms. The summed E-state index contributed by atoms with van der Waals surface area (Å²) in [5, 5.41) is 5.01. The molecule has 1 saturated heterocycles. The lowest BCUT2D eigenvalue weighted by Crippen LogP contribution is -2.50. The number of anilines is 2. The van der Waals surface area contributed by atoms with Gasteiger partial charge in [0.1, 0.15) is 23.1 Å². The van der Waals surface area contributed by atoms with Crippen LogP contribution in [0, 0.1) is 17.6 Å². The Morgan fingerprint density at radius 2 is 1.79 bits per heavy atom. The van der Waals surface area contributed by atoms with E-state index in [1.54, 1.807) is 0 Å². The number of amides is 2. The number of pyridine rings is 1. The predicted molar refractivity (Wildman–Crippen MR) is 126 cm³/mol. The largest absolute Gasteiger partial charge is 0.416 e. The van der Waals surface area contributed by atoms with Crippen molar-refractivity contribution in [3.63, 3.8) is 0 Å². The topological polar surface area (TPSA) is 74.3 Å². The van der Waals surface area contributed by atoms with E-state index in [-0.39, 0.29) is 52.5 Å². The fourth-order valence-corrected chi connectivity index (χ4v) is 4.68. The minimum absolute atomic E-state index is 0.0166. The van der Waals surface area contributed by atoms with Crippen LogP contribution in [0.4, 0.5) is 42.2 Å². The third-order valence-corrected chi connectivity index (χ3v) is 6.76. The standard InChI is InChI=1S/C25H16ClF7N4O2/c26-16-2-1-13(27)6-15(16)20-19-17(34-23(38)10-3-12(25(31,32)33)5-14(28)4-10)7-18(35-21(19)24(39)36-20)37-8-11(9-37)22(29)30/h1-7,11,20,22H,8-9H2,(H,36,39)(H,34,35,38). The van der Waals surface area contributed by atoms with Gasteiger partial charge in [-0.25, -0.2) is 22.5 Å². The number of fused-ring (bicyclic) bond motifs is 1. The van der Waals surface area contributed by atoms with E-state index in [1.807, 2.05) is 0 Å². The first-order valence-electron chi connectivity index (χ1n) is 11.3. The molecule has 5 rings (SSSR count). The third-order valence-electron chi connectivity index (χ3n) is 6.42. The number of hydrogen-bond acceptors (Lipinski definition) is 4. The number of nitrogens with zero attached hydrogens (tertiary/aromatic N) is 2. The van der Waals surface area contributed by atoms with Gasteiger partial charge in [0.2, 0.25) is 6.43 Å². The van der Waals surface area contributed by atoms with E-state index in [9.17, 15) is 40.3 Å². The van der Waals surface area contributed by atoms with Crippen molar-refractivity contribution in [2.45, 2.75) is 18.6 Å². The quantitative estimate of drug-likeness (QED) is 0.378. The van der Waals surface area contributed by atoms with Crippen LogP contribution < -0.4 is 15.5 Å². The van der Waals surface area contributed by atoms with Crippen LogP contribution >= 0.6 is 11.6 Å². The summed E-state index contributed by atoms with van der Waals surface area (Å²) in [6.07, 6.45) is -7.52. The second-order valence-electron chi connectivity index (χ2n) is 9.04. The molecule has 0 radical (unpaired) electrons. The number of benzene rings is 2. The van der Waals surface area contributed by atoms with Crippen molar-refractivity contribution in [1.29, 1.82) is 0 Å². The van der Waals surface area contributed by atoms with E-state index < -0.39 is 59.1 Å². The van der Waals surface area contributed by atoms with Crippen molar-refractivity contribution in [1.82, 2.24) is 10.3 Å². The summed E-state index contributed by atoms with van der Waals surface area (Å²) in [4.78, 5) is 31.6. The molecule has 1 atom stereocenters. The second-order valence-corrected chi connectivity index (χ2v) is 9.45. The monoisotopic (exact) mass is 572 g/mol. The molecule has 2 amide bonds. The summed E-state index contributed by atoms with van der Waals surface area (Å²) in [5.41, 5.74) is -2.32. The van der Waals surface area contributed by atoms with Gasteiger partial charge in [0.25, 0.3) is 11.8 Å². The van der Waals surface area contributed by atoms with E-state index in [4.69, 9.17) is 11.6 Å². The molecule has 0 aliphatic carbocycles. The highest BCUT2D eigenvalue weighted by Crippen LogP contribution is 2.41. The fraction of sp³-hybridized carbons (Fsp3) is 0.240. The van der Waals surface area contributed by atoms with Crippen LogP contribution in [0.5, 0.6) is 0 Å². The maximum atomic E-state index is 14.1. The first kappa shape index (κ1) is 26.7. The van der Waals surface area contributed by atoms with Gasteiger partial charge in [-0.05, 0) is 36.4 Å². The Morgan fingerprint density at radius 3 is 2.46 bits per heavy atom. The summed E-state index contributed by atoms with van der Waals surface area (Å²) >= 11 is 6.23. The van der Waals surface area contributed by atoms with Gasteiger partial charge >= 0.3 is 6.18 Å². The molecule has 204 valence electrons. The normalized spacial score (nSPS) is 17.2. The molecule has 2 aliphatic rings. The first-order valence-corrected chi connectivity index (χ1v) is 11.7. The van der Waals surface area contributed by atoms with Crippen LogP contribution in [0.1, 0.15) is 43.6 Å². The van der Waals surface area contributed by atoms with Gasteiger partial charge in [0.15, 0.2) is 0 Å². The van der Waals surface area contributed by atoms with Gasteiger partial charge in [0.05, 0.1) is 23.2 Å². The molecule has 6 nitrogen and oxygen atoms in total. The van der Waals surface area contributed by atoms with Crippen LogP contribution in [-0.4, -0.2) is 36.3 Å². The molecule has 3 aromatic rings. The number of hydrogen-bond donors (Lipinski definition) is 2. The Morgan fingerprint density at radius 1 is 1.08 bits per heavy atom. The summed E-state index contributed by atoms with van der Waals surface area (Å²) in [7, 11) is 0. The summed E-state index contributed by atoms with van der Waals surface area (Å²) in [6, 6.07) is 4.78. The Balaban J connectivity index is 1.59. The Labute approximate surface area is 220 Å². The van der Waals surface area contributed by atoms with Crippen LogP contribution in [0.3, 0.4) is 0 Å². The molecular formula is C25H16ClF7N4O2. The predicted octanol–water partition coefficient (Wildman–Crippen LogP) is 5.82. The van der Waals surface area contributed by atoms with Crippen LogP contribution in [0.25, 0.3) is 0 Å². The molecule has 2 aliphatic heterocycles. The van der Waals surface area contributed by atoms with Crippen molar-refractivity contribution in [2.75, 3.05) is 23.3 Å². The molecule has 0 saturated carbocycles. The van der Waals surface area contributed by atoms with Gasteiger partial charge in [-0.15, -0.1) is 0 Å². The van der Waals surface area contributed by atoms with Crippen molar-refractivity contribution < 1.29 is 40.3 Å². The van der Waals surface area contributed by atoms with E-state index in [2.05, 4.69) is 15.6 Å². The van der Waals surface area contributed by atoms with E-state index in [0.29, 0.717) is 12.1 Å². The zero-order valence-electron chi connectivity index (χ0n) is 19.4. The highest BCUT2D eigenvalue weighted by Gasteiger charge is 2.40. The lowest BCUT2D eigenvalue weighted by molar-refractivity contribution is -0.137. The van der Waals surface area contributed by atoms with Crippen LogP contribution in [-0.2, 0) is 6.18 Å². The molecule has 3 heterocycles. The SMILES string of the molecule is O=C(Nc1cc(N2CC(C(F)F)C2)nc2c1C(c1cc(F)ccc1Cl)NC2=O)c1cc(F)cc(C(F)(F)F)c1. The minimum atomic E-state index is -4.93. The number of carbonyl (C=O) groups is 2. The molecular weight excluding hydrogens is 557 g/mol. The van der Waals surface area contributed by atoms with E-state index in [1.165, 1.54) is 17.0 Å². The van der Waals surface area contributed by atoms with Gasteiger partial charge in [0, 0.05) is 40.9 Å². The average molecular weight is 573 g/mol. The van der Waals surface area contributed by atoms with E-state index >= 15 is 0 Å².